The summed E-state index contributed by atoms with van der Waals surface area (Å²) in [5.74, 6) is 2.29. The predicted octanol–water partition coefficient (Wildman–Crippen LogP) is 7.33. The van der Waals surface area contributed by atoms with Crippen LogP contribution in [0.2, 0.25) is 0 Å². The second-order valence-corrected chi connectivity index (χ2v) is 11.0. The summed E-state index contributed by atoms with van der Waals surface area (Å²) in [7, 11) is 0. The number of hydrogen-bond acceptors (Lipinski definition) is 8. The molecule has 5 rings (SSSR count). The fraction of sp³-hybridized carbons (Fsp3) is 0.324. The molecular weight excluding hydrogens is 530 g/mol. The van der Waals surface area contributed by atoms with E-state index in [9.17, 15) is 4.79 Å². The van der Waals surface area contributed by atoms with Gasteiger partial charge in [-0.1, -0.05) is 42.5 Å². The molecule has 5 aromatic rings. The van der Waals surface area contributed by atoms with E-state index in [0.29, 0.717) is 43.8 Å². The molecule has 8 nitrogen and oxygen atoms in total. The van der Waals surface area contributed by atoms with E-state index < -0.39 is 11.6 Å². The highest BCUT2D eigenvalue weighted by Crippen LogP contribution is 2.31. The number of aromatic nitrogens is 2. The number of carbonyl (C=O) groups is 1. The number of aryl methyl sites for hydroxylation is 3. The van der Waals surface area contributed by atoms with Crippen molar-refractivity contribution in [1.82, 2.24) is 14.9 Å². The zero-order valence-corrected chi connectivity index (χ0v) is 25.1. The Morgan fingerprint density at radius 3 is 2.26 bits per heavy atom. The van der Waals surface area contributed by atoms with Crippen LogP contribution in [0, 0.1) is 20.8 Å². The number of hydrogen-bond donors (Lipinski definition) is 0. The maximum Gasteiger partial charge on any atom is 0.349 e. The molecule has 0 fully saturated rings. The summed E-state index contributed by atoms with van der Waals surface area (Å²) in [5.41, 5.74) is 5.24. The number of rotatable bonds is 11. The number of nitrogens with zero attached hydrogens (tertiary/aromatic N) is 3. The van der Waals surface area contributed by atoms with Gasteiger partial charge in [0.05, 0.1) is 18.8 Å². The quantitative estimate of drug-likeness (QED) is 0.153. The van der Waals surface area contributed by atoms with Gasteiger partial charge in [-0.25, -0.2) is 14.8 Å². The van der Waals surface area contributed by atoms with Crippen LogP contribution < -0.4 is 4.74 Å². The van der Waals surface area contributed by atoms with Gasteiger partial charge in [0.2, 0.25) is 11.8 Å². The van der Waals surface area contributed by atoms with Crippen LogP contribution in [0.5, 0.6) is 5.75 Å². The normalized spacial score (nSPS) is 11.8. The van der Waals surface area contributed by atoms with Crippen molar-refractivity contribution in [2.24, 2.45) is 0 Å². The zero-order valence-electron chi connectivity index (χ0n) is 25.1. The average molecular weight is 568 g/mol. The molecule has 0 aliphatic carbocycles. The molecular formula is C34H37N3O5. The number of ether oxygens (including phenoxy) is 2. The third-order valence-electron chi connectivity index (χ3n) is 7.03. The van der Waals surface area contributed by atoms with E-state index in [4.69, 9.17) is 28.3 Å². The molecule has 0 spiro atoms. The molecule has 0 saturated carbocycles. The first-order chi connectivity index (χ1) is 20.1. The van der Waals surface area contributed by atoms with Gasteiger partial charge in [0.25, 0.3) is 0 Å². The van der Waals surface area contributed by atoms with E-state index in [-0.39, 0.29) is 0 Å². The van der Waals surface area contributed by atoms with Gasteiger partial charge in [0.1, 0.15) is 17.0 Å². The minimum atomic E-state index is -1.10. The van der Waals surface area contributed by atoms with Crippen molar-refractivity contribution >= 4 is 17.1 Å². The molecule has 0 atom stereocenters. The lowest BCUT2D eigenvalue weighted by molar-refractivity contribution is -0.158. The van der Waals surface area contributed by atoms with Crippen LogP contribution in [0.4, 0.5) is 0 Å². The molecule has 2 heterocycles. The Kier molecular flexibility index (Phi) is 8.45. The molecule has 0 radical (unpaired) electrons. The number of benzene rings is 3. The highest BCUT2D eigenvalue weighted by atomic mass is 16.6. The van der Waals surface area contributed by atoms with Crippen LogP contribution in [0.25, 0.3) is 22.6 Å². The second-order valence-electron chi connectivity index (χ2n) is 11.0. The molecule has 0 saturated heterocycles. The number of para-hydroxylation sites is 2. The summed E-state index contributed by atoms with van der Waals surface area (Å²) in [6.07, 6.45) is 0. The van der Waals surface area contributed by atoms with E-state index in [2.05, 4.69) is 17.0 Å². The largest absolute Gasteiger partial charge is 0.476 e. The number of oxazole rings is 2. The van der Waals surface area contributed by atoms with Gasteiger partial charge in [0, 0.05) is 18.7 Å². The fourth-order valence-electron chi connectivity index (χ4n) is 4.99. The first-order valence-electron chi connectivity index (χ1n) is 14.2. The molecule has 0 aliphatic heterocycles. The van der Waals surface area contributed by atoms with E-state index >= 15 is 0 Å². The van der Waals surface area contributed by atoms with Gasteiger partial charge >= 0.3 is 5.97 Å². The van der Waals surface area contributed by atoms with E-state index in [1.165, 1.54) is 0 Å². The van der Waals surface area contributed by atoms with Gasteiger partial charge in [-0.15, -0.1) is 0 Å². The molecule has 0 unspecified atom stereocenters. The van der Waals surface area contributed by atoms with Crippen LogP contribution in [-0.2, 0) is 29.2 Å². The summed E-state index contributed by atoms with van der Waals surface area (Å²) >= 11 is 0. The van der Waals surface area contributed by atoms with Gasteiger partial charge in [-0.05, 0) is 82.5 Å². The number of fused-ring (bicyclic) bond motifs is 1. The Hall–Kier alpha value is -4.43. The number of esters is 1. The third kappa shape index (κ3) is 6.55. The summed E-state index contributed by atoms with van der Waals surface area (Å²) in [6, 6.07) is 21.8. The smallest absolute Gasteiger partial charge is 0.349 e. The summed E-state index contributed by atoms with van der Waals surface area (Å²) in [6.45, 7) is 13.1. The van der Waals surface area contributed by atoms with E-state index in [1.807, 2.05) is 75.4 Å². The molecule has 0 aliphatic rings. The Balaban J connectivity index is 1.42. The van der Waals surface area contributed by atoms with Crippen molar-refractivity contribution in [3.63, 3.8) is 0 Å². The van der Waals surface area contributed by atoms with Crippen molar-refractivity contribution in [2.45, 2.75) is 66.8 Å². The fourth-order valence-corrected chi connectivity index (χ4v) is 4.99. The van der Waals surface area contributed by atoms with E-state index in [1.54, 1.807) is 20.8 Å². The SMILES string of the molecule is CCOC(=O)C(C)(C)Oc1c(C)cc(CN(Cc2nc3ccccc3o2)Cc2nc(-c3ccccc3)oc2C)cc1C. The highest BCUT2D eigenvalue weighted by molar-refractivity contribution is 5.79. The van der Waals surface area contributed by atoms with Crippen LogP contribution >= 0.6 is 0 Å². The monoisotopic (exact) mass is 567 g/mol. The molecule has 0 bridgehead atoms. The van der Waals surface area contributed by atoms with Gasteiger partial charge in [-0.2, -0.15) is 0 Å². The molecule has 0 N–H and O–H groups in total. The molecule has 8 heteroatoms. The van der Waals surface area contributed by atoms with Crippen LogP contribution in [0.1, 0.15) is 54.8 Å². The van der Waals surface area contributed by atoms with Crippen LogP contribution in [-0.4, -0.2) is 33.0 Å². The first-order valence-corrected chi connectivity index (χ1v) is 14.2. The Labute approximate surface area is 246 Å². The second kappa shape index (κ2) is 12.2. The lowest BCUT2D eigenvalue weighted by Crippen LogP contribution is -2.40. The Morgan fingerprint density at radius 2 is 1.57 bits per heavy atom. The van der Waals surface area contributed by atoms with E-state index in [0.717, 1.165) is 44.8 Å². The van der Waals surface area contributed by atoms with Gasteiger partial charge in [-0.3, -0.25) is 4.90 Å². The maximum atomic E-state index is 12.5. The minimum Gasteiger partial charge on any atom is -0.476 e. The Bertz CT molecular complexity index is 1630. The Morgan fingerprint density at radius 1 is 0.881 bits per heavy atom. The molecule has 3 aromatic carbocycles. The average Bonchev–Trinajstić information content (AvgIpc) is 3.53. The lowest BCUT2D eigenvalue weighted by Gasteiger charge is -2.27. The molecule has 0 amide bonds. The third-order valence-corrected chi connectivity index (χ3v) is 7.03. The first kappa shape index (κ1) is 29.1. The van der Waals surface area contributed by atoms with Gasteiger partial charge < -0.3 is 18.3 Å². The molecule has 218 valence electrons. The lowest BCUT2D eigenvalue weighted by atomic mass is 10.0. The minimum absolute atomic E-state index is 0.302. The standard InChI is InChI=1S/C34H37N3O5/c1-7-39-33(38)34(5,6)42-31-22(2)17-25(18-23(31)3)19-37(21-30-35-27-15-11-12-16-29(27)41-30)20-28-24(4)40-32(36-28)26-13-9-8-10-14-26/h8-18H,7,19-21H2,1-6H3. The predicted molar refractivity (Wildman–Crippen MR) is 161 cm³/mol. The summed E-state index contributed by atoms with van der Waals surface area (Å²) < 4.78 is 23.5. The van der Waals surface area contributed by atoms with Crippen molar-refractivity contribution in [3.8, 4) is 17.2 Å². The van der Waals surface area contributed by atoms with Crippen LogP contribution in [0.15, 0.2) is 75.6 Å². The van der Waals surface area contributed by atoms with Crippen molar-refractivity contribution in [1.29, 1.82) is 0 Å². The van der Waals surface area contributed by atoms with Crippen molar-refractivity contribution < 1.29 is 23.1 Å². The summed E-state index contributed by atoms with van der Waals surface area (Å²) in [5, 5.41) is 0. The van der Waals surface area contributed by atoms with Crippen molar-refractivity contribution in [2.75, 3.05) is 6.61 Å². The topological polar surface area (TPSA) is 90.8 Å². The van der Waals surface area contributed by atoms with Crippen LogP contribution in [0.3, 0.4) is 0 Å². The molecule has 2 aromatic heterocycles. The highest BCUT2D eigenvalue weighted by Gasteiger charge is 2.32. The summed E-state index contributed by atoms with van der Waals surface area (Å²) in [4.78, 5) is 24.3. The van der Waals surface area contributed by atoms with Gasteiger partial charge in [0.15, 0.2) is 11.2 Å². The maximum absolute atomic E-state index is 12.5. The zero-order chi connectivity index (χ0) is 29.9. The molecule has 42 heavy (non-hydrogen) atoms. The number of carbonyl (C=O) groups excluding carboxylic acids is 1. The van der Waals surface area contributed by atoms with Crippen molar-refractivity contribution in [3.05, 3.63) is 101 Å².